The van der Waals surface area contributed by atoms with Gasteiger partial charge < -0.3 is 20.6 Å². The van der Waals surface area contributed by atoms with E-state index in [1.807, 2.05) is 0 Å². The molecule has 0 aromatic heterocycles. The zero-order valence-corrected chi connectivity index (χ0v) is 11.3. The molecule has 7 heteroatoms. The zero-order valence-electron chi connectivity index (χ0n) is 11.3. The van der Waals surface area contributed by atoms with Crippen molar-refractivity contribution in [3.63, 3.8) is 0 Å². The van der Waals surface area contributed by atoms with Crippen LogP contribution in [0.25, 0.3) is 0 Å². The number of aliphatic carboxylic acids is 1. The van der Waals surface area contributed by atoms with E-state index < -0.39 is 5.97 Å². The fraction of sp³-hybridized carbons (Fsp3) is 0.750. The standard InChI is InChI=1S/C12H21N3O4/c1-8(3-4-11(17)18)13-12(19)15-6-5-10(7-15)14-9(2)16/h8,10H,3-7H2,1-2H3,(H,13,19)(H,14,16)(H,17,18). The van der Waals surface area contributed by atoms with Crippen molar-refractivity contribution in [2.24, 2.45) is 0 Å². The number of nitrogens with zero attached hydrogens (tertiary/aromatic N) is 1. The van der Waals surface area contributed by atoms with Gasteiger partial charge in [0.25, 0.3) is 0 Å². The maximum Gasteiger partial charge on any atom is 0.317 e. The van der Waals surface area contributed by atoms with Gasteiger partial charge in [0.2, 0.25) is 5.91 Å². The summed E-state index contributed by atoms with van der Waals surface area (Å²) < 4.78 is 0. The second-order valence-corrected chi connectivity index (χ2v) is 4.92. The predicted molar refractivity (Wildman–Crippen MR) is 68.7 cm³/mol. The van der Waals surface area contributed by atoms with E-state index in [4.69, 9.17) is 5.11 Å². The number of carbonyl (C=O) groups excluding carboxylic acids is 2. The van der Waals surface area contributed by atoms with E-state index >= 15 is 0 Å². The van der Waals surface area contributed by atoms with Crippen LogP contribution in [0.4, 0.5) is 4.79 Å². The van der Waals surface area contributed by atoms with Crippen molar-refractivity contribution in [3.8, 4) is 0 Å². The van der Waals surface area contributed by atoms with E-state index in [9.17, 15) is 14.4 Å². The molecule has 1 fully saturated rings. The molecular formula is C12H21N3O4. The minimum Gasteiger partial charge on any atom is -0.481 e. The quantitative estimate of drug-likeness (QED) is 0.663. The maximum absolute atomic E-state index is 11.9. The molecule has 0 aromatic carbocycles. The SMILES string of the molecule is CC(=O)NC1CCN(C(=O)NC(C)CCC(=O)O)C1. The first kappa shape index (κ1) is 15.3. The number of likely N-dealkylation sites (tertiary alicyclic amines) is 1. The summed E-state index contributed by atoms with van der Waals surface area (Å²) >= 11 is 0. The smallest absolute Gasteiger partial charge is 0.317 e. The van der Waals surface area contributed by atoms with Crippen molar-refractivity contribution in [2.45, 2.75) is 45.2 Å². The fourth-order valence-electron chi connectivity index (χ4n) is 2.06. The molecule has 7 nitrogen and oxygen atoms in total. The van der Waals surface area contributed by atoms with Crippen LogP contribution >= 0.6 is 0 Å². The van der Waals surface area contributed by atoms with Gasteiger partial charge in [-0.2, -0.15) is 0 Å². The first-order chi connectivity index (χ1) is 8.88. The van der Waals surface area contributed by atoms with E-state index in [1.54, 1.807) is 11.8 Å². The van der Waals surface area contributed by atoms with Crippen molar-refractivity contribution in [1.82, 2.24) is 15.5 Å². The van der Waals surface area contributed by atoms with Crippen molar-refractivity contribution < 1.29 is 19.5 Å². The van der Waals surface area contributed by atoms with Crippen molar-refractivity contribution >= 4 is 17.9 Å². The highest BCUT2D eigenvalue weighted by Crippen LogP contribution is 2.09. The first-order valence-electron chi connectivity index (χ1n) is 6.43. The topological polar surface area (TPSA) is 98.7 Å². The molecule has 1 aliphatic heterocycles. The number of amides is 3. The number of urea groups is 1. The molecule has 3 amide bonds. The van der Waals surface area contributed by atoms with Gasteiger partial charge in [0, 0.05) is 38.5 Å². The van der Waals surface area contributed by atoms with Crippen molar-refractivity contribution in [3.05, 3.63) is 0 Å². The molecule has 1 heterocycles. The fourth-order valence-corrected chi connectivity index (χ4v) is 2.06. The molecule has 2 unspecified atom stereocenters. The highest BCUT2D eigenvalue weighted by atomic mass is 16.4. The number of hydrogen-bond donors (Lipinski definition) is 3. The molecule has 0 radical (unpaired) electrons. The van der Waals surface area contributed by atoms with Crippen LogP contribution in [0.2, 0.25) is 0 Å². The number of rotatable bonds is 5. The highest BCUT2D eigenvalue weighted by molar-refractivity contribution is 5.76. The Kier molecular flexibility index (Phi) is 5.59. The molecule has 0 aliphatic carbocycles. The van der Waals surface area contributed by atoms with E-state index in [0.29, 0.717) is 19.5 Å². The Morgan fingerprint density at radius 3 is 2.68 bits per heavy atom. The maximum atomic E-state index is 11.9. The molecule has 2 atom stereocenters. The predicted octanol–water partition coefficient (Wildman–Crippen LogP) is 0.160. The van der Waals surface area contributed by atoms with Gasteiger partial charge in [0.05, 0.1) is 0 Å². The Morgan fingerprint density at radius 1 is 1.42 bits per heavy atom. The highest BCUT2D eigenvalue weighted by Gasteiger charge is 2.27. The van der Waals surface area contributed by atoms with Crippen LogP contribution in [0.5, 0.6) is 0 Å². The van der Waals surface area contributed by atoms with Crippen molar-refractivity contribution in [2.75, 3.05) is 13.1 Å². The number of carboxylic acids is 1. The van der Waals surface area contributed by atoms with Gasteiger partial charge in [-0.05, 0) is 19.8 Å². The molecule has 19 heavy (non-hydrogen) atoms. The third kappa shape index (κ3) is 5.58. The van der Waals surface area contributed by atoms with Gasteiger partial charge in [-0.15, -0.1) is 0 Å². The summed E-state index contributed by atoms with van der Waals surface area (Å²) in [5.74, 6) is -0.963. The van der Waals surface area contributed by atoms with Gasteiger partial charge in [-0.1, -0.05) is 0 Å². The largest absolute Gasteiger partial charge is 0.481 e. The third-order valence-corrected chi connectivity index (χ3v) is 3.04. The summed E-state index contributed by atoms with van der Waals surface area (Å²) in [6.07, 6.45) is 1.19. The van der Waals surface area contributed by atoms with Gasteiger partial charge in [-0.3, -0.25) is 9.59 Å². The Hall–Kier alpha value is -1.79. The molecule has 1 aliphatic rings. The molecule has 108 valence electrons. The molecular weight excluding hydrogens is 250 g/mol. The first-order valence-corrected chi connectivity index (χ1v) is 6.43. The van der Waals surface area contributed by atoms with E-state index in [-0.39, 0.29) is 30.4 Å². The Morgan fingerprint density at radius 2 is 2.11 bits per heavy atom. The molecule has 1 rings (SSSR count). The Balaban J connectivity index is 2.30. The monoisotopic (exact) mass is 271 g/mol. The van der Waals surface area contributed by atoms with Crippen LogP contribution < -0.4 is 10.6 Å². The number of carboxylic acid groups (broad SMARTS) is 1. The molecule has 0 aromatic rings. The Bertz CT molecular complexity index is 359. The van der Waals surface area contributed by atoms with Crippen LogP contribution in [-0.4, -0.2) is 53.1 Å². The van der Waals surface area contributed by atoms with Gasteiger partial charge in [-0.25, -0.2) is 4.79 Å². The second kappa shape index (κ2) is 6.96. The van der Waals surface area contributed by atoms with Crippen LogP contribution in [0.15, 0.2) is 0 Å². The number of carbonyl (C=O) groups is 3. The third-order valence-electron chi connectivity index (χ3n) is 3.04. The lowest BCUT2D eigenvalue weighted by Gasteiger charge is -2.20. The molecule has 1 saturated heterocycles. The molecule has 0 spiro atoms. The Labute approximate surface area is 112 Å². The number of hydrogen-bond acceptors (Lipinski definition) is 3. The summed E-state index contributed by atoms with van der Waals surface area (Å²) in [5, 5.41) is 14.1. The van der Waals surface area contributed by atoms with Crippen LogP contribution in [-0.2, 0) is 9.59 Å². The van der Waals surface area contributed by atoms with Crippen LogP contribution in [0.3, 0.4) is 0 Å². The molecule has 0 saturated carbocycles. The lowest BCUT2D eigenvalue weighted by Crippen LogP contribution is -2.44. The molecule has 3 N–H and O–H groups in total. The lowest BCUT2D eigenvalue weighted by atomic mass is 10.2. The summed E-state index contributed by atoms with van der Waals surface area (Å²) in [5.41, 5.74) is 0. The minimum absolute atomic E-state index is 0.0116. The van der Waals surface area contributed by atoms with Crippen LogP contribution in [0, 0.1) is 0 Å². The minimum atomic E-state index is -0.868. The normalized spacial score (nSPS) is 19.9. The van der Waals surface area contributed by atoms with Gasteiger partial charge in [0.15, 0.2) is 0 Å². The van der Waals surface area contributed by atoms with E-state index in [2.05, 4.69) is 10.6 Å². The van der Waals surface area contributed by atoms with Gasteiger partial charge in [0.1, 0.15) is 0 Å². The number of nitrogens with one attached hydrogen (secondary N) is 2. The second-order valence-electron chi connectivity index (χ2n) is 4.92. The summed E-state index contributed by atoms with van der Waals surface area (Å²) in [6, 6.07) is -0.369. The summed E-state index contributed by atoms with van der Waals surface area (Å²) in [4.78, 5) is 34.9. The van der Waals surface area contributed by atoms with Crippen LogP contribution in [0.1, 0.15) is 33.1 Å². The lowest BCUT2D eigenvalue weighted by molar-refractivity contribution is -0.137. The molecule has 0 bridgehead atoms. The van der Waals surface area contributed by atoms with Gasteiger partial charge >= 0.3 is 12.0 Å². The average molecular weight is 271 g/mol. The van der Waals surface area contributed by atoms with E-state index in [0.717, 1.165) is 6.42 Å². The van der Waals surface area contributed by atoms with Crippen molar-refractivity contribution in [1.29, 1.82) is 0 Å². The summed E-state index contributed by atoms with van der Waals surface area (Å²) in [6.45, 7) is 4.33. The average Bonchev–Trinajstić information content (AvgIpc) is 2.74. The zero-order chi connectivity index (χ0) is 14.4. The van der Waals surface area contributed by atoms with E-state index in [1.165, 1.54) is 6.92 Å². The summed E-state index contributed by atoms with van der Waals surface area (Å²) in [7, 11) is 0.